The predicted molar refractivity (Wildman–Crippen MR) is 145 cm³/mol. The summed E-state index contributed by atoms with van der Waals surface area (Å²) in [6, 6.07) is 38.4. The number of benzene rings is 3. The lowest BCUT2D eigenvalue weighted by Crippen LogP contribution is -2.26. The first-order valence-corrected chi connectivity index (χ1v) is 12.5. The van der Waals surface area contributed by atoms with Crippen LogP contribution in [0.5, 0.6) is 0 Å². The zero-order valence-corrected chi connectivity index (χ0v) is 20.1. The second-order valence-electron chi connectivity index (χ2n) is 9.39. The molecule has 178 valence electrons. The van der Waals surface area contributed by atoms with Crippen LogP contribution in [0.2, 0.25) is 0 Å². The van der Waals surface area contributed by atoms with E-state index in [2.05, 4.69) is 113 Å². The summed E-state index contributed by atoms with van der Waals surface area (Å²) in [5, 5.41) is 0. The SMILES string of the molecule is C1=NC(c2ccccc2)CN1Cc1cccc(CN2C=NC(c3ccccc3)C2c2ccccc2)n1. The van der Waals surface area contributed by atoms with Gasteiger partial charge in [-0.25, -0.2) is 0 Å². The average Bonchev–Trinajstić information content (AvgIpc) is 3.58. The van der Waals surface area contributed by atoms with Crippen LogP contribution in [0.1, 0.15) is 46.2 Å². The highest BCUT2D eigenvalue weighted by atomic mass is 15.3. The van der Waals surface area contributed by atoms with Crippen molar-refractivity contribution in [2.24, 2.45) is 9.98 Å². The Morgan fingerprint density at radius 2 is 1.19 bits per heavy atom. The van der Waals surface area contributed by atoms with Gasteiger partial charge >= 0.3 is 0 Å². The van der Waals surface area contributed by atoms with E-state index in [1.807, 2.05) is 18.7 Å². The first-order chi connectivity index (χ1) is 17.8. The normalized spacial score (nSPS) is 20.8. The Morgan fingerprint density at radius 1 is 0.583 bits per heavy atom. The molecule has 0 fully saturated rings. The number of hydrogen-bond donors (Lipinski definition) is 0. The lowest BCUT2D eigenvalue weighted by Gasteiger charge is -2.29. The van der Waals surface area contributed by atoms with Crippen molar-refractivity contribution < 1.29 is 0 Å². The van der Waals surface area contributed by atoms with Gasteiger partial charge < -0.3 is 9.80 Å². The molecule has 0 N–H and O–H groups in total. The zero-order chi connectivity index (χ0) is 24.2. The van der Waals surface area contributed by atoms with Gasteiger partial charge in [-0.3, -0.25) is 15.0 Å². The number of aromatic nitrogens is 1. The maximum Gasteiger partial charge on any atom is 0.101 e. The Hall–Kier alpha value is -4.25. The largest absolute Gasteiger partial charge is 0.355 e. The number of hydrogen-bond acceptors (Lipinski definition) is 5. The Bertz CT molecular complexity index is 1340. The van der Waals surface area contributed by atoms with Gasteiger partial charge in [-0.2, -0.15) is 0 Å². The van der Waals surface area contributed by atoms with Crippen LogP contribution in [0.25, 0.3) is 0 Å². The molecule has 5 nitrogen and oxygen atoms in total. The van der Waals surface area contributed by atoms with Crippen LogP contribution < -0.4 is 0 Å². The molecule has 1 aromatic heterocycles. The van der Waals surface area contributed by atoms with Crippen molar-refractivity contribution in [2.45, 2.75) is 31.2 Å². The quantitative estimate of drug-likeness (QED) is 0.332. The van der Waals surface area contributed by atoms with Crippen molar-refractivity contribution in [1.29, 1.82) is 0 Å². The lowest BCUT2D eigenvalue weighted by molar-refractivity contribution is 0.306. The maximum absolute atomic E-state index is 5.02. The third-order valence-corrected chi connectivity index (χ3v) is 6.89. The van der Waals surface area contributed by atoms with Gasteiger partial charge in [-0.05, 0) is 28.8 Å². The van der Waals surface area contributed by atoms with Gasteiger partial charge in [0.15, 0.2) is 0 Å². The molecule has 0 spiro atoms. The lowest BCUT2D eigenvalue weighted by atomic mass is 9.94. The molecule has 3 heterocycles. The molecule has 5 heteroatoms. The monoisotopic (exact) mass is 471 g/mol. The average molecular weight is 472 g/mol. The summed E-state index contributed by atoms with van der Waals surface area (Å²) in [5.41, 5.74) is 5.85. The van der Waals surface area contributed by atoms with E-state index < -0.39 is 0 Å². The van der Waals surface area contributed by atoms with E-state index in [1.165, 1.54) is 16.7 Å². The predicted octanol–water partition coefficient (Wildman–Crippen LogP) is 5.99. The van der Waals surface area contributed by atoms with E-state index in [0.717, 1.165) is 24.5 Å². The van der Waals surface area contributed by atoms with E-state index in [1.54, 1.807) is 0 Å². The van der Waals surface area contributed by atoms with Crippen molar-refractivity contribution in [3.63, 3.8) is 0 Å². The van der Waals surface area contributed by atoms with Crippen molar-refractivity contribution >= 4 is 12.7 Å². The maximum atomic E-state index is 5.02. The van der Waals surface area contributed by atoms with Crippen molar-refractivity contribution in [3.05, 3.63) is 137 Å². The molecule has 0 saturated heterocycles. The fourth-order valence-corrected chi connectivity index (χ4v) is 5.14. The summed E-state index contributed by atoms with van der Waals surface area (Å²) in [6.07, 6.45) is 3.97. The molecule has 0 aliphatic carbocycles. The van der Waals surface area contributed by atoms with Crippen LogP contribution in [-0.2, 0) is 13.1 Å². The van der Waals surface area contributed by atoms with Gasteiger partial charge in [0, 0.05) is 6.54 Å². The summed E-state index contributed by atoms with van der Waals surface area (Å²) >= 11 is 0. The van der Waals surface area contributed by atoms with Crippen molar-refractivity contribution in [3.8, 4) is 0 Å². The minimum Gasteiger partial charge on any atom is -0.355 e. The van der Waals surface area contributed by atoms with Crippen LogP contribution in [0.15, 0.2) is 119 Å². The van der Waals surface area contributed by atoms with Crippen molar-refractivity contribution in [2.75, 3.05) is 6.54 Å². The molecule has 4 aromatic rings. The fourth-order valence-electron chi connectivity index (χ4n) is 5.14. The topological polar surface area (TPSA) is 44.1 Å². The number of aliphatic imine (C=N–C) groups is 2. The molecular formula is C31H29N5. The third kappa shape index (κ3) is 4.78. The molecule has 3 aromatic carbocycles. The second-order valence-corrected chi connectivity index (χ2v) is 9.39. The molecule has 2 aliphatic heterocycles. The molecule has 0 radical (unpaired) electrons. The van der Waals surface area contributed by atoms with Gasteiger partial charge in [-0.1, -0.05) is 97.1 Å². The Labute approximate surface area is 212 Å². The zero-order valence-electron chi connectivity index (χ0n) is 20.1. The Balaban J connectivity index is 1.17. The molecule has 3 atom stereocenters. The molecule has 3 unspecified atom stereocenters. The van der Waals surface area contributed by atoms with Gasteiger partial charge in [0.1, 0.15) is 6.04 Å². The molecule has 0 bridgehead atoms. The van der Waals surface area contributed by atoms with Crippen molar-refractivity contribution in [1.82, 2.24) is 14.8 Å². The van der Waals surface area contributed by atoms with Gasteiger partial charge in [-0.15, -0.1) is 0 Å². The van der Waals surface area contributed by atoms with E-state index in [4.69, 9.17) is 15.0 Å². The highest BCUT2D eigenvalue weighted by Gasteiger charge is 2.33. The van der Waals surface area contributed by atoms with E-state index >= 15 is 0 Å². The minimum absolute atomic E-state index is 0.0625. The summed E-state index contributed by atoms with van der Waals surface area (Å²) < 4.78 is 0. The number of rotatable bonds is 7. The standard InChI is InChI=1S/C31H29N5/c1-4-11-24(12-5-1)29-21-35(22-32-29)19-27-17-10-18-28(34-27)20-36-23-33-30(25-13-6-2-7-14-25)31(36)26-15-8-3-9-16-26/h1-18,22-23,29-31H,19-21H2. The van der Waals surface area contributed by atoms with E-state index in [-0.39, 0.29) is 18.1 Å². The Morgan fingerprint density at radius 3 is 1.89 bits per heavy atom. The van der Waals surface area contributed by atoms with E-state index in [9.17, 15) is 0 Å². The second kappa shape index (κ2) is 10.2. The molecule has 0 amide bonds. The number of pyridine rings is 1. The highest BCUT2D eigenvalue weighted by Crippen LogP contribution is 2.40. The Kier molecular flexibility index (Phi) is 6.28. The first kappa shape index (κ1) is 22.2. The molecule has 0 saturated carbocycles. The molecule has 6 rings (SSSR count). The van der Waals surface area contributed by atoms with Crippen LogP contribution in [-0.4, -0.2) is 34.0 Å². The van der Waals surface area contributed by atoms with Crippen LogP contribution in [0.3, 0.4) is 0 Å². The van der Waals surface area contributed by atoms with Gasteiger partial charge in [0.05, 0.1) is 49.2 Å². The smallest absolute Gasteiger partial charge is 0.101 e. The van der Waals surface area contributed by atoms with Crippen LogP contribution in [0.4, 0.5) is 0 Å². The molecule has 36 heavy (non-hydrogen) atoms. The third-order valence-electron chi connectivity index (χ3n) is 6.89. The molecule has 2 aliphatic rings. The highest BCUT2D eigenvalue weighted by molar-refractivity contribution is 5.61. The summed E-state index contributed by atoms with van der Waals surface area (Å²) in [5.74, 6) is 0. The minimum atomic E-state index is 0.0625. The summed E-state index contributed by atoms with van der Waals surface area (Å²) in [6.45, 7) is 2.34. The summed E-state index contributed by atoms with van der Waals surface area (Å²) in [7, 11) is 0. The first-order valence-electron chi connectivity index (χ1n) is 12.5. The van der Waals surface area contributed by atoms with Crippen LogP contribution in [0, 0.1) is 0 Å². The van der Waals surface area contributed by atoms with Gasteiger partial charge in [0.25, 0.3) is 0 Å². The molecular weight excluding hydrogens is 442 g/mol. The fraction of sp³-hybridized carbons (Fsp3) is 0.194. The number of nitrogens with zero attached hydrogens (tertiary/aromatic N) is 5. The summed E-state index contributed by atoms with van der Waals surface area (Å²) in [4.78, 5) is 19.2. The van der Waals surface area contributed by atoms with Crippen LogP contribution >= 0.6 is 0 Å². The van der Waals surface area contributed by atoms with E-state index in [0.29, 0.717) is 6.54 Å². The van der Waals surface area contributed by atoms with Gasteiger partial charge in [0.2, 0.25) is 0 Å².